The van der Waals surface area contributed by atoms with Gasteiger partial charge in [0, 0.05) is 29.9 Å². The number of carbonyl (C=O) groups is 2. The van der Waals surface area contributed by atoms with Crippen molar-refractivity contribution < 1.29 is 18.7 Å². The van der Waals surface area contributed by atoms with E-state index in [9.17, 15) is 9.59 Å². The number of ether oxygens (including phenoxy) is 1. The predicted molar refractivity (Wildman–Crippen MR) is 107 cm³/mol. The van der Waals surface area contributed by atoms with Gasteiger partial charge < -0.3 is 14.5 Å². The zero-order valence-electron chi connectivity index (χ0n) is 15.4. The van der Waals surface area contributed by atoms with Crippen LogP contribution in [0.25, 0.3) is 10.6 Å². The second-order valence-electron chi connectivity index (χ2n) is 6.13. The van der Waals surface area contributed by atoms with Gasteiger partial charge in [0.2, 0.25) is 0 Å². The molecule has 3 aromatic heterocycles. The fourth-order valence-electron chi connectivity index (χ4n) is 2.55. The summed E-state index contributed by atoms with van der Waals surface area (Å²) in [5, 5.41) is 9.48. The van der Waals surface area contributed by atoms with E-state index in [2.05, 4.69) is 15.4 Å². The average Bonchev–Trinajstić information content (AvgIpc) is 3.48. The fourth-order valence-corrected chi connectivity index (χ4v) is 3.33. The van der Waals surface area contributed by atoms with Crippen molar-refractivity contribution in [1.29, 1.82) is 0 Å². The van der Waals surface area contributed by atoms with Crippen molar-refractivity contribution >= 4 is 28.9 Å². The van der Waals surface area contributed by atoms with Gasteiger partial charge >= 0.3 is 5.97 Å². The number of thiazole rings is 1. The zero-order valence-corrected chi connectivity index (χ0v) is 16.2. The van der Waals surface area contributed by atoms with Crippen molar-refractivity contribution in [1.82, 2.24) is 14.8 Å². The summed E-state index contributed by atoms with van der Waals surface area (Å²) in [6, 6.07) is 9.63. The van der Waals surface area contributed by atoms with Crippen LogP contribution in [0.1, 0.15) is 26.6 Å². The minimum Gasteiger partial charge on any atom is -0.459 e. The Kier molecular flexibility index (Phi) is 5.21. The molecule has 0 atom stereocenters. The van der Waals surface area contributed by atoms with Crippen molar-refractivity contribution in [3.8, 4) is 10.6 Å². The average molecular weight is 408 g/mol. The Bertz CT molecular complexity index is 1130. The molecule has 146 valence electrons. The van der Waals surface area contributed by atoms with Crippen molar-refractivity contribution in [2.45, 2.75) is 6.61 Å². The van der Waals surface area contributed by atoms with E-state index in [-0.39, 0.29) is 18.3 Å². The fraction of sp³-hybridized carbons (Fsp3) is 0.100. The molecule has 1 N–H and O–H groups in total. The summed E-state index contributed by atoms with van der Waals surface area (Å²) in [6.45, 7) is 0.0760. The summed E-state index contributed by atoms with van der Waals surface area (Å²) in [7, 11) is 1.84. The smallest absolute Gasteiger partial charge is 0.338 e. The summed E-state index contributed by atoms with van der Waals surface area (Å²) in [4.78, 5) is 28.7. The Balaban J connectivity index is 1.33. The van der Waals surface area contributed by atoms with Gasteiger partial charge in [-0.15, -0.1) is 11.3 Å². The number of aromatic nitrogens is 3. The molecule has 0 aliphatic heterocycles. The third-order valence-corrected chi connectivity index (χ3v) is 4.92. The number of hydrogen-bond acceptors (Lipinski definition) is 7. The van der Waals surface area contributed by atoms with Crippen molar-refractivity contribution in [2.24, 2.45) is 7.05 Å². The monoisotopic (exact) mass is 408 g/mol. The second kappa shape index (κ2) is 8.11. The molecular weight excluding hydrogens is 392 g/mol. The lowest BCUT2D eigenvalue weighted by atomic mass is 10.2. The maximum Gasteiger partial charge on any atom is 0.338 e. The maximum absolute atomic E-state index is 12.3. The molecule has 4 rings (SSSR count). The van der Waals surface area contributed by atoms with Crippen LogP contribution >= 0.6 is 11.3 Å². The normalized spacial score (nSPS) is 10.7. The van der Waals surface area contributed by atoms with E-state index in [1.54, 1.807) is 47.3 Å². The lowest BCUT2D eigenvalue weighted by Gasteiger charge is -2.06. The molecule has 0 fully saturated rings. The summed E-state index contributed by atoms with van der Waals surface area (Å²) in [5.74, 6) is -0.620. The van der Waals surface area contributed by atoms with Crippen LogP contribution in [0.3, 0.4) is 0 Å². The van der Waals surface area contributed by atoms with Crippen LogP contribution in [0.2, 0.25) is 0 Å². The number of nitrogens with zero attached hydrogens (tertiary/aromatic N) is 3. The predicted octanol–water partition coefficient (Wildman–Crippen LogP) is 3.75. The Morgan fingerprint density at radius 2 is 2.07 bits per heavy atom. The van der Waals surface area contributed by atoms with Crippen LogP contribution in [0.5, 0.6) is 0 Å². The van der Waals surface area contributed by atoms with Crippen LogP contribution in [0.15, 0.2) is 64.9 Å². The lowest BCUT2D eigenvalue weighted by molar-refractivity contribution is 0.0468. The first-order valence-electron chi connectivity index (χ1n) is 8.64. The molecule has 9 heteroatoms. The van der Waals surface area contributed by atoms with Gasteiger partial charge in [0.05, 0.1) is 23.7 Å². The molecular formula is C20H16N4O4S. The third kappa shape index (κ3) is 4.41. The molecule has 4 aromatic rings. The Morgan fingerprint density at radius 1 is 1.24 bits per heavy atom. The molecule has 0 saturated heterocycles. The minimum atomic E-state index is -0.468. The van der Waals surface area contributed by atoms with Crippen LogP contribution in [-0.4, -0.2) is 26.6 Å². The Labute approximate surface area is 169 Å². The molecule has 0 unspecified atom stereocenters. The van der Waals surface area contributed by atoms with E-state index in [4.69, 9.17) is 9.15 Å². The number of aryl methyl sites for hydroxylation is 1. The summed E-state index contributed by atoms with van der Waals surface area (Å²) < 4.78 is 12.1. The van der Waals surface area contributed by atoms with Crippen molar-refractivity contribution in [3.63, 3.8) is 0 Å². The first-order chi connectivity index (χ1) is 14.1. The standard InChI is InChI=1S/C20H16N4O4S/c1-24-10-14(9-21-24)19-23-16(12-29-19)11-28-20(26)13-4-6-15(7-5-13)22-18(25)17-3-2-8-27-17/h2-10,12H,11H2,1H3,(H,22,25). The molecule has 8 nitrogen and oxygen atoms in total. The van der Waals surface area contributed by atoms with Gasteiger partial charge in [-0.1, -0.05) is 0 Å². The quantitative estimate of drug-likeness (QED) is 0.488. The number of furan rings is 1. The highest BCUT2D eigenvalue weighted by Gasteiger charge is 2.12. The number of rotatable bonds is 6. The number of nitrogens with one attached hydrogen (secondary N) is 1. The third-order valence-electron chi connectivity index (χ3n) is 3.98. The highest BCUT2D eigenvalue weighted by molar-refractivity contribution is 7.13. The van der Waals surface area contributed by atoms with E-state index >= 15 is 0 Å². The van der Waals surface area contributed by atoms with Gasteiger partial charge in [-0.3, -0.25) is 9.48 Å². The molecule has 0 spiro atoms. The van der Waals surface area contributed by atoms with Gasteiger partial charge in [0.15, 0.2) is 5.76 Å². The first kappa shape index (κ1) is 18.6. The summed E-state index contributed by atoms with van der Waals surface area (Å²) in [6.07, 6.45) is 5.04. The molecule has 1 amide bonds. The van der Waals surface area contributed by atoms with Crippen LogP contribution < -0.4 is 5.32 Å². The number of amides is 1. The first-order valence-corrected chi connectivity index (χ1v) is 9.52. The van der Waals surface area contributed by atoms with Crippen LogP contribution in [-0.2, 0) is 18.4 Å². The molecule has 3 heterocycles. The van der Waals surface area contributed by atoms with Gasteiger partial charge in [-0.05, 0) is 36.4 Å². The van der Waals surface area contributed by atoms with Gasteiger partial charge in [-0.25, -0.2) is 9.78 Å². The number of hydrogen-bond donors (Lipinski definition) is 1. The molecule has 0 saturated carbocycles. The minimum absolute atomic E-state index is 0.0760. The van der Waals surface area contributed by atoms with Crippen molar-refractivity contribution in [2.75, 3.05) is 5.32 Å². The van der Waals surface area contributed by atoms with Gasteiger partial charge in [-0.2, -0.15) is 5.10 Å². The van der Waals surface area contributed by atoms with E-state index in [1.165, 1.54) is 17.6 Å². The van der Waals surface area contributed by atoms with E-state index in [0.717, 1.165) is 10.6 Å². The van der Waals surface area contributed by atoms with Gasteiger partial charge in [0.25, 0.3) is 5.91 Å². The number of carbonyl (C=O) groups excluding carboxylic acids is 2. The molecule has 0 bridgehead atoms. The van der Waals surface area contributed by atoms with Crippen molar-refractivity contribution in [3.05, 3.63) is 77.5 Å². The number of benzene rings is 1. The summed E-state index contributed by atoms with van der Waals surface area (Å²) >= 11 is 1.47. The topological polar surface area (TPSA) is 99.2 Å². The molecule has 0 aliphatic rings. The van der Waals surface area contributed by atoms with E-state index in [1.807, 2.05) is 18.6 Å². The van der Waals surface area contributed by atoms with E-state index < -0.39 is 5.97 Å². The zero-order chi connectivity index (χ0) is 20.2. The number of esters is 1. The largest absolute Gasteiger partial charge is 0.459 e. The summed E-state index contributed by atoms with van der Waals surface area (Å²) in [5.41, 5.74) is 2.51. The lowest BCUT2D eigenvalue weighted by Crippen LogP contribution is -2.11. The van der Waals surface area contributed by atoms with E-state index in [0.29, 0.717) is 16.9 Å². The molecule has 29 heavy (non-hydrogen) atoms. The molecule has 0 aliphatic carbocycles. The van der Waals surface area contributed by atoms with Gasteiger partial charge in [0.1, 0.15) is 11.6 Å². The second-order valence-corrected chi connectivity index (χ2v) is 6.99. The van der Waals surface area contributed by atoms with Crippen LogP contribution in [0.4, 0.5) is 5.69 Å². The highest BCUT2D eigenvalue weighted by Crippen LogP contribution is 2.23. The highest BCUT2D eigenvalue weighted by atomic mass is 32.1. The Hall–Kier alpha value is -3.72. The van der Waals surface area contributed by atoms with Crippen LogP contribution in [0, 0.1) is 0 Å². The molecule has 1 aromatic carbocycles. The molecule has 0 radical (unpaired) electrons. The maximum atomic E-state index is 12.3. The SMILES string of the molecule is Cn1cc(-c2nc(COC(=O)c3ccc(NC(=O)c4ccco4)cc3)cs2)cn1. The Morgan fingerprint density at radius 3 is 2.76 bits per heavy atom. The number of anilines is 1.